The van der Waals surface area contributed by atoms with Crippen LogP contribution in [0.15, 0.2) is 25.2 Å². The number of nitrogens with one attached hydrogen (secondary N) is 1. The number of furan rings is 1. The van der Waals surface area contributed by atoms with E-state index in [1.165, 1.54) is 0 Å². The minimum absolute atomic E-state index is 0.800. The molecule has 0 fully saturated rings. The van der Waals surface area contributed by atoms with Crippen molar-refractivity contribution in [3.63, 3.8) is 0 Å². The molecule has 2 aromatic heterocycles. The lowest BCUT2D eigenvalue weighted by Gasteiger charge is -1.99. The fourth-order valence-electron chi connectivity index (χ4n) is 1.45. The second-order valence-electron chi connectivity index (χ2n) is 3.87. The molecule has 0 atom stereocenters. The van der Waals surface area contributed by atoms with Gasteiger partial charge in [-0.2, -0.15) is 0 Å². The van der Waals surface area contributed by atoms with Crippen LogP contribution in [0.25, 0.3) is 0 Å². The molecule has 0 aromatic carbocycles. The van der Waals surface area contributed by atoms with Crippen molar-refractivity contribution in [2.24, 2.45) is 0 Å². The van der Waals surface area contributed by atoms with E-state index >= 15 is 0 Å². The molecule has 0 saturated heterocycles. The largest absolute Gasteiger partial charge is 0.464 e. The summed E-state index contributed by atoms with van der Waals surface area (Å²) in [6.07, 6.45) is 3.15. The van der Waals surface area contributed by atoms with Crippen LogP contribution in [0.2, 0.25) is 0 Å². The van der Waals surface area contributed by atoms with Gasteiger partial charge in [-0.3, -0.25) is 0 Å². The van der Waals surface area contributed by atoms with Crippen LogP contribution >= 0.6 is 34.9 Å². The summed E-state index contributed by atoms with van der Waals surface area (Å²) in [5, 5.41) is 11.5. The molecule has 0 radical (unpaired) electrons. The highest BCUT2D eigenvalue weighted by atomic mass is 32.2. The van der Waals surface area contributed by atoms with E-state index in [9.17, 15) is 0 Å². The van der Waals surface area contributed by atoms with Crippen molar-refractivity contribution in [3.05, 3.63) is 23.7 Å². The first-order valence-electron chi connectivity index (χ1n) is 6.10. The summed E-state index contributed by atoms with van der Waals surface area (Å²) >= 11 is 4.92. The molecule has 0 aliphatic heterocycles. The third kappa shape index (κ3) is 4.83. The first kappa shape index (κ1) is 14.9. The van der Waals surface area contributed by atoms with Crippen molar-refractivity contribution in [3.8, 4) is 0 Å². The molecule has 4 nitrogen and oxygen atoms in total. The summed E-state index contributed by atoms with van der Waals surface area (Å²) < 4.78 is 7.75. The Morgan fingerprint density at radius 1 is 1.26 bits per heavy atom. The van der Waals surface area contributed by atoms with Gasteiger partial charge in [-0.25, -0.2) is 0 Å². The van der Waals surface area contributed by atoms with E-state index in [1.54, 1.807) is 34.9 Å². The van der Waals surface area contributed by atoms with Crippen LogP contribution in [-0.4, -0.2) is 23.0 Å². The lowest BCUT2D eigenvalue weighted by atomic mass is 10.4. The normalized spacial score (nSPS) is 11.1. The molecule has 19 heavy (non-hydrogen) atoms. The number of hydrogen-bond acceptors (Lipinski definition) is 7. The van der Waals surface area contributed by atoms with Gasteiger partial charge in [0.25, 0.3) is 0 Å². The zero-order valence-corrected chi connectivity index (χ0v) is 13.5. The Balaban J connectivity index is 1.79. The summed E-state index contributed by atoms with van der Waals surface area (Å²) in [7, 11) is 0. The minimum atomic E-state index is 0.800. The molecule has 1 N–H and O–H groups in total. The lowest BCUT2D eigenvalue weighted by molar-refractivity contribution is 0.459. The maximum absolute atomic E-state index is 5.75. The van der Waals surface area contributed by atoms with E-state index < -0.39 is 0 Å². The Morgan fingerprint density at radius 3 is 2.79 bits per heavy atom. The van der Waals surface area contributed by atoms with Gasteiger partial charge in [0.2, 0.25) is 0 Å². The van der Waals surface area contributed by atoms with Crippen molar-refractivity contribution in [2.45, 2.75) is 34.3 Å². The molecule has 2 rings (SSSR count). The topological polar surface area (TPSA) is 51.0 Å². The monoisotopic (exact) mass is 315 g/mol. The van der Waals surface area contributed by atoms with Gasteiger partial charge in [-0.1, -0.05) is 41.8 Å². The van der Waals surface area contributed by atoms with Crippen LogP contribution in [-0.2, 0) is 12.3 Å². The van der Waals surface area contributed by atoms with Crippen molar-refractivity contribution in [1.29, 1.82) is 0 Å². The molecule has 0 saturated carbocycles. The van der Waals surface area contributed by atoms with Gasteiger partial charge in [-0.15, -0.1) is 10.2 Å². The first-order chi connectivity index (χ1) is 9.31. The minimum Gasteiger partial charge on any atom is -0.464 e. The number of aromatic nitrogens is 2. The zero-order valence-electron chi connectivity index (χ0n) is 11.0. The molecule has 104 valence electrons. The summed E-state index contributed by atoms with van der Waals surface area (Å²) in [4.78, 5) is 0. The van der Waals surface area contributed by atoms with Crippen LogP contribution < -0.4 is 5.32 Å². The molecular formula is C12H17N3OS3. The highest BCUT2D eigenvalue weighted by Crippen LogP contribution is 2.29. The van der Waals surface area contributed by atoms with Gasteiger partial charge in [0.15, 0.2) is 8.68 Å². The smallest absolute Gasteiger partial charge is 0.175 e. The average Bonchev–Trinajstić information content (AvgIpc) is 3.05. The maximum atomic E-state index is 5.75. The Kier molecular flexibility index (Phi) is 6.22. The van der Waals surface area contributed by atoms with Crippen molar-refractivity contribution in [2.75, 3.05) is 12.8 Å². The lowest BCUT2D eigenvalue weighted by Crippen LogP contribution is -2.12. The molecule has 2 aromatic rings. The zero-order chi connectivity index (χ0) is 13.5. The van der Waals surface area contributed by atoms with Crippen molar-refractivity contribution >= 4 is 34.9 Å². The van der Waals surface area contributed by atoms with Crippen LogP contribution in [0, 0.1) is 0 Å². The predicted octanol–water partition coefficient (Wildman–Crippen LogP) is 3.64. The Labute approximate surface area is 125 Å². The van der Waals surface area contributed by atoms with Gasteiger partial charge >= 0.3 is 0 Å². The third-order valence-corrected chi connectivity index (χ3v) is 5.40. The summed E-state index contributed by atoms with van der Waals surface area (Å²) in [5.41, 5.74) is 0. The molecule has 0 unspecified atom stereocenters. The van der Waals surface area contributed by atoms with Crippen LogP contribution in [0.1, 0.15) is 24.9 Å². The molecule has 7 heteroatoms. The Hall–Kier alpha value is -0.500. The first-order valence-corrected chi connectivity index (χ1v) is 9.13. The second-order valence-corrected chi connectivity index (χ2v) is 7.12. The van der Waals surface area contributed by atoms with E-state index in [4.69, 9.17) is 4.42 Å². The standard InChI is InChI=1S/C12H17N3OS3/c1-3-6-13-7-9-4-5-10(16-9)8-18-12-15-14-11(17-2)19-12/h4-5,13H,3,6-8H2,1-2H3. The average molecular weight is 315 g/mol. The van der Waals surface area contributed by atoms with Gasteiger partial charge in [0.05, 0.1) is 12.3 Å². The summed E-state index contributed by atoms with van der Waals surface area (Å²) in [6.45, 7) is 3.98. The van der Waals surface area contributed by atoms with E-state index in [-0.39, 0.29) is 0 Å². The summed E-state index contributed by atoms with van der Waals surface area (Å²) in [5.74, 6) is 2.78. The molecular weight excluding hydrogens is 298 g/mol. The molecule has 0 aliphatic rings. The molecule has 0 amide bonds. The highest BCUT2D eigenvalue weighted by molar-refractivity contribution is 8.02. The van der Waals surface area contributed by atoms with E-state index in [2.05, 4.69) is 22.4 Å². The van der Waals surface area contributed by atoms with Gasteiger partial charge in [0, 0.05) is 0 Å². The van der Waals surface area contributed by atoms with Crippen molar-refractivity contribution in [1.82, 2.24) is 15.5 Å². The highest BCUT2D eigenvalue weighted by Gasteiger charge is 2.07. The Morgan fingerprint density at radius 2 is 2.05 bits per heavy atom. The maximum Gasteiger partial charge on any atom is 0.175 e. The van der Waals surface area contributed by atoms with Gasteiger partial charge in [0.1, 0.15) is 11.5 Å². The Bertz CT molecular complexity index is 498. The summed E-state index contributed by atoms with van der Waals surface area (Å²) in [6, 6.07) is 4.07. The second kappa shape index (κ2) is 7.94. The number of rotatable bonds is 8. The van der Waals surface area contributed by atoms with Crippen LogP contribution in [0.5, 0.6) is 0 Å². The SMILES string of the molecule is CCCNCc1ccc(CSc2nnc(SC)s2)o1. The fraction of sp³-hybridized carbons (Fsp3) is 0.500. The number of nitrogens with zero attached hydrogens (tertiary/aromatic N) is 2. The van der Waals surface area contributed by atoms with Crippen LogP contribution in [0.4, 0.5) is 0 Å². The molecule has 0 bridgehead atoms. The van der Waals surface area contributed by atoms with E-state index in [1.807, 2.05) is 18.4 Å². The fourth-order valence-corrected chi connectivity index (χ4v) is 3.79. The number of hydrogen-bond donors (Lipinski definition) is 1. The van der Waals surface area contributed by atoms with Gasteiger partial charge < -0.3 is 9.73 Å². The van der Waals surface area contributed by atoms with Crippen LogP contribution in [0.3, 0.4) is 0 Å². The predicted molar refractivity (Wildman–Crippen MR) is 82.0 cm³/mol. The van der Waals surface area contributed by atoms with Gasteiger partial charge in [-0.05, 0) is 31.4 Å². The molecule has 0 spiro atoms. The van der Waals surface area contributed by atoms with E-state index in [0.717, 1.165) is 45.5 Å². The van der Waals surface area contributed by atoms with E-state index in [0.29, 0.717) is 0 Å². The molecule has 2 heterocycles. The molecule has 0 aliphatic carbocycles. The number of thioether (sulfide) groups is 2. The third-order valence-electron chi connectivity index (χ3n) is 2.34. The quantitative estimate of drug-likeness (QED) is 0.593. The van der Waals surface area contributed by atoms with Crippen molar-refractivity contribution < 1.29 is 4.42 Å².